The highest BCUT2D eigenvalue weighted by molar-refractivity contribution is 5.88. The summed E-state index contributed by atoms with van der Waals surface area (Å²) in [7, 11) is 3.67. The van der Waals surface area contributed by atoms with Crippen molar-refractivity contribution >= 4 is 5.97 Å². The lowest BCUT2D eigenvalue weighted by Gasteiger charge is -2.20. The minimum atomic E-state index is -0.599. The zero-order valence-electron chi connectivity index (χ0n) is 7.70. The second-order valence-corrected chi connectivity index (χ2v) is 2.73. The lowest BCUT2D eigenvalue weighted by Crippen LogP contribution is -2.30. The van der Waals surface area contributed by atoms with E-state index in [2.05, 4.69) is 11.3 Å². The highest BCUT2D eigenvalue weighted by Crippen LogP contribution is 2.06. The number of likely N-dealkylation sites (N-methyl/N-ethyl adjacent to an activating group) is 1. The van der Waals surface area contributed by atoms with Gasteiger partial charge in [-0.25, -0.2) is 4.79 Å². The maximum absolute atomic E-state index is 11.0. The average molecular weight is 173 g/mol. The summed E-state index contributed by atoms with van der Waals surface area (Å²) in [6.07, 6.45) is 0. The molecule has 0 aromatic carbocycles. The Hall–Kier alpha value is -0.870. The third-order valence-electron chi connectivity index (χ3n) is 1.74. The summed E-state index contributed by atoms with van der Waals surface area (Å²) in [4.78, 5) is 12.8. The first-order valence-corrected chi connectivity index (χ1v) is 3.64. The van der Waals surface area contributed by atoms with Crippen LogP contribution in [0.2, 0.25) is 0 Å². The minimum Gasteiger partial charge on any atom is -0.435 e. The van der Waals surface area contributed by atoms with Gasteiger partial charge in [-0.05, 0) is 21.0 Å². The topological polar surface area (TPSA) is 49.8 Å². The van der Waals surface area contributed by atoms with Crippen LogP contribution in [0.15, 0.2) is 12.2 Å². The molecule has 0 amide bonds. The molecule has 4 heteroatoms. The number of hydrogen-bond acceptors (Lipinski definition) is 4. The summed E-state index contributed by atoms with van der Waals surface area (Å²) in [6.45, 7) is 4.80. The lowest BCUT2D eigenvalue weighted by atomic mass is 10.1. The standard InChI is InChI=1S/C8H15NO3/c1-6(7(2)9(3)4)8(11)12-5-10/h7,10H,1,5H2,2-4H3. The molecule has 0 aromatic heterocycles. The van der Waals surface area contributed by atoms with E-state index < -0.39 is 12.8 Å². The molecule has 0 aromatic rings. The molecule has 0 heterocycles. The normalized spacial score (nSPS) is 12.8. The second-order valence-electron chi connectivity index (χ2n) is 2.73. The molecule has 0 spiro atoms. The second kappa shape index (κ2) is 4.90. The number of hydrogen-bond donors (Lipinski definition) is 1. The Labute approximate surface area is 72.4 Å². The zero-order valence-corrected chi connectivity index (χ0v) is 7.70. The Bertz CT molecular complexity index is 177. The van der Waals surface area contributed by atoms with Gasteiger partial charge in [0, 0.05) is 11.6 Å². The molecule has 4 nitrogen and oxygen atoms in total. The number of aliphatic hydroxyl groups excluding tert-OH is 1. The van der Waals surface area contributed by atoms with Gasteiger partial charge in [-0.15, -0.1) is 0 Å². The Morgan fingerprint density at radius 1 is 1.67 bits per heavy atom. The fraction of sp³-hybridized carbons (Fsp3) is 0.625. The molecule has 0 rings (SSSR count). The van der Waals surface area contributed by atoms with Crippen molar-refractivity contribution in [1.82, 2.24) is 4.90 Å². The number of carbonyl (C=O) groups excluding carboxylic acids is 1. The van der Waals surface area contributed by atoms with Crippen molar-refractivity contribution in [2.45, 2.75) is 13.0 Å². The van der Waals surface area contributed by atoms with Gasteiger partial charge < -0.3 is 14.7 Å². The van der Waals surface area contributed by atoms with E-state index >= 15 is 0 Å². The molecule has 1 unspecified atom stereocenters. The van der Waals surface area contributed by atoms with Crippen LogP contribution in [0, 0.1) is 0 Å². The largest absolute Gasteiger partial charge is 0.435 e. The molecule has 0 aliphatic rings. The highest BCUT2D eigenvalue weighted by Gasteiger charge is 2.16. The van der Waals surface area contributed by atoms with E-state index in [4.69, 9.17) is 5.11 Å². The average Bonchev–Trinajstić information content (AvgIpc) is 2.02. The monoisotopic (exact) mass is 173 g/mol. The summed E-state index contributed by atoms with van der Waals surface area (Å²) in [6, 6.07) is -0.0796. The van der Waals surface area contributed by atoms with E-state index in [1.54, 1.807) is 0 Å². The van der Waals surface area contributed by atoms with Gasteiger partial charge >= 0.3 is 5.97 Å². The Kier molecular flexibility index (Phi) is 4.54. The van der Waals surface area contributed by atoms with Crippen molar-refractivity contribution in [3.05, 3.63) is 12.2 Å². The van der Waals surface area contributed by atoms with Crippen molar-refractivity contribution in [3.63, 3.8) is 0 Å². The predicted molar refractivity (Wildman–Crippen MR) is 45.5 cm³/mol. The molecular formula is C8H15NO3. The van der Waals surface area contributed by atoms with Crippen molar-refractivity contribution in [3.8, 4) is 0 Å². The molecule has 0 saturated carbocycles. The summed E-state index contributed by atoms with van der Waals surface area (Å²) < 4.78 is 4.37. The quantitative estimate of drug-likeness (QED) is 0.369. The van der Waals surface area contributed by atoms with Crippen LogP contribution in [0.3, 0.4) is 0 Å². The third kappa shape index (κ3) is 3.02. The van der Waals surface area contributed by atoms with Crippen LogP contribution < -0.4 is 0 Å². The van der Waals surface area contributed by atoms with E-state index in [0.29, 0.717) is 5.57 Å². The molecule has 70 valence electrons. The third-order valence-corrected chi connectivity index (χ3v) is 1.74. The number of nitrogens with zero attached hydrogens (tertiary/aromatic N) is 1. The number of aliphatic hydroxyl groups is 1. The van der Waals surface area contributed by atoms with Gasteiger partial charge in [0.2, 0.25) is 0 Å². The van der Waals surface area contributed by atoms with Crippen LogP contribution in [-0.4, -0.2) is 42.9 Å². The molecule has 0 bridgehead atoms. The van der Waals surface area contributed by atoms with E-state index in [1.165, 1.54) is 0 Å². The number of rotatable bonds is 4. The van der Waals surface area contributed by atoms with E-state index in [1.807, 2.05) is 25.9 Å². The number of esters is 1. The summed E-state index contributed by atoms with van der Waals surface area (Å²) in [5.41, 5.74) is 0.342. The van der Waals surface area contributed by atoms with Gasteiger partial charge in [-0.3, -0.25) is 0 Å². The molecular weight excluding hydrogens is 158 g/mol. The lowest BCUT2D eigenvalue weighted by molar-refractivity contribution is -0.147. The first-order valence-electron chi connectivity index (χ1n) is 3.64. The fourth-order valence-electron chi connectivity index (χ4n) is 0.634. The van der Waals surface area contributed by atoms with Crippen LogP contribution >= 0.6 is 0 Å². The fourth-order valence-corrected chi connectivity index (χ4v) is 0.634. The van der Waals surface area contributed by atoms with Gasteiger partial charge in [0.05, 0.1) is 0 Å². The number of ether oxygens (including phenoxy) is 1. The first-order chi connectivity index (χ1) is 5.50. The Balaban J connectivity index is 4.10. The Morgan fingerprint density at radius 2 is 2.17 bits per heavy atom. The molecule has 0 aliphatic carbocycles. The molecule has 1 atom stereocenters. The van der Waals surface area contributed by atoms with Crippen LogP contribution in [0.4, 0.5) is 0 Å². The molecule has 0 fully saturated rings. The maximum Gasteiger partial charge on any atom is 0.337 e. The van der Waals surface area contributed by atoms with Gasteiger partial charge in [0.1, 0.15) is 0 Å². The van der Waals surface area contributed by atoms with Gasteiger partial charge in [0.25, 0.3) is 0 Å². The van der Waals surface area contributed by atoms with Crippen LogP contribution in [0.25, 0.3) is 0 Å². The minimum absolute atomic E-state index is 0.0796. The molecule has 0 aliphatic heterocycles. The van der Waals surface area contributed by atoms with Crippen molar-refractivity contribution in [2.75, 3.05) is 20.9 Å². The molecule has 0 radical (unpaired) electrons. The van der Waals surface area contributed by atoms with Crippen LogP contribution in [0.5, 0.6) is 0 Å². The summed E-state index contributed by atoms with van der Waals surface area (Å²) in [5.74, 6) is -0.557. The smallest absolute Gasteiger partial charge is 0.337 e. The number of carbonyl (C=O) groups is 1. The van der Waals surface area contributed by atoms with Crippen molar-refractivity contribution < 1.29 is 14.6 Å². The Morgan fingerprint density at radius 3 is 2.50 bits per heavy atom. The predicted octanol–water partition coefficient (Wildman–Crippen LogP) is -0.0143. The summed E-state index contributed by atoms with van der Waals surface area (Å²) >= 11 is 0. The van der Waals surface area contributed by atoms with E-state index in [0.717, 1.165) is 0 Å². The SMILES string of the molecule is C=C(C(=O)OCO)C(C)N(C)C. The van der Waals surface area contributed by atoms with Gasteiger partial charge in [0.15, 0.2) is 6.79 Å². The first kappa shape index (κ1) is 11.1. The maximum atomic E-state index is 11.0. The van der Waals surface area contributed by atoms with E-state index in [-0.39, 0.29) is 6.04 Å². The van der Waals surface area contributed by atoms with Gasteiger partial charge in [-0.1, -0.05) is 6.58 Å². The molecule has 0 saturated heterocycles. The zero-order chi connectivity index (χ0) is 9.72. The van der Waals surface area contributed by atoms with Crippen molar-refractivity contribution in [2.24, 2.45) is 0 Å². The molecule has 1 N–H and O–H groups in total. The van der Waals surface area contributed by atoms with Crippen LogP contribution in [0.1, 0.15) is 6.92 Å². The van der Waals surface area contributed by atoms with Crippen molar-refractivity contribution in [1.29, 1.82) is 0 Å². The highest BCUT2D eigenvalue weighted by atomic mass is 16.6. The van der Waals surface area contributed by atoms with Crippen LogP contribution in [-0.2, 0) is 9.53 Å². The summed E-state index contributed by atoms with van der Waals surface area (Å²) in [5, 5.41) is 8.31. The van der Waals surface area contributed by atoms with E-state index in [9.17, 15) is 4.79 Å². The van der Waals surface area contributed by atoms with Gasteiger partial charge in [-0.2, -0.15) is 0 Å². The molecule has 12 heavy (non-hydrogen) atoms.